The SMILES string of the molecule is C=Cc1c(C)c2cc3[nH]c(cc4nc(cc5nc(cc1[nH]2)C(C)=C5CCC(O)OCCOCCOCCOC)C(CCC(=O)OCCOCCOCCOC)C4C)c(C)c3C=C. The number of aliphatic hydroxyl groups excluding tert-OH is 1. The molecular weight excluding hydrogens is 793 g/mol. The van der Waals surface area contributed by atoms with Crippen LogP contribution in [0, 0.1) is 13.8 Å². The fourth-order valence-electron chi connectivity index (χ4n) is 7.70. The molecule has 14 nitrogen and oxygen atoms in total. The first-order valence-corrected chi connectivity index (χ1v) is 21.5. The second kappa shape index (κ2) is 25.0. The molecule has 0 saturated heterocycles. The Kier molecular flexibility index (Phi) is 19.5. The van der Waals surface area contributed by atoms with Crippen molar-refractivity contribution in [3.05, 3.63) is 82.5 Å². The molecule has 3 unspecified atom stereocenters. The van der Waals surface area contributed by atoms with Gasteiger partial charge in [0.1, 0.15) is 6.61 Å². The van der Waals surface area contributed by atoms with Gasteiger partial charge in [-0.2, -0.15) is 0 Å². The van der Waals surface area contributed by atoms with Crippen LogP contribution in [0.2, 0.25) is 0 Å². The number of ether oxygens (including phenoxy) is 8. The van der Waals surface area contributed by atoms with Crippen LogP contribution in [-0.2, 0) is 42.7 Å². The van der Waals surface area contributed by atoms with Crippen LogP contribution in [0.15, 0.2) is 37.4 Å². The molecule has 2 aliphatic heterocycles. The van der Waals surface area contributed by atoms with Crippen molar-refractivity contribution in [2.24, 2.45) is 0 Å². The van der Waals surface area contributed by atoms with Gasteiger partial charge in [-0.25, -0.2) is 4.98 Å². The molecule has 0 aromatic carbocycles. The Morgan fingerprint density at radius 3 is 1.85 bits per heavy atom. The molecule has 0 saturated carbocycles. The number of fused-ring (bicyclic) bond motifs is 8. The number of H-pyrrole nitrogens is 2. The first-order chi connectivity index (χ1) is 30.1. The summed E-state index contributed by atoms with van der Waals surface area (Å²) >= 11 is 0. The third kappa shape index (κ3) is 13.3. The number of methoxy groups -OCH3 is 2. The van der Waals surface area contributed by atoms with Gasteiger partial charge in [0, 0.05) is 83.5 Å². The first-order valence-electron chi connectivity index (χ1n) is 21.5. The highest BCUT2D eigenvalue weighted by Gasteiger charge is 2.31. The highest BCUT2D eigenvalue weighted by molar-refractivity contribution is 5.93. The lowest BCUT2D eigenvalue weighted by molar-refractivity contribution is -0.145. The normalized spacial score (nSPS) is 15.6. The molecule has 14 heteroatoms. The Morgan fingerprint density at radius 2 is 1.26 bits per heavy atom. The predicted octanol–water partition coefficient (Wildman–Crippen LogP) is 7.83. The van der Waals surface area contributed by atoms with Crippen molar-refractivity contribution in [1.82, 2.24) is 19.9 Å². The van der Waals surface area contributed by atoms with Gasteiger partial charge in [-0.3, -0.25) is 9.78 Å². The van der Waals surface area contributed by atoms with Gasteiger partial charge in [-0.05, 0) is 80.2 Å². The maximum absolute atomic E-state index is 13.1. The Labute approximate surface area is 365 Å². The number of aliphatic hydroxyl groups is 1. The number of hydrogen-bond acceptors (Lipinski definition) is 12. The first kappa shape index (κ1) is 48.5. The van der Waals surface area contributed by atoms with E-state index in [9.17, 15) is 9.90 Å². The molecule has 338 valence electrons. The number of nitrogens with one attached hydrogen (secondary N) is 2. The van der Waals surface area contributed by atoms with Crippen molar-refractivity contribution >= 4 is 51.3 Å². The van der Waals surface area contributed by atoms with Crippen molar-refractivity contribution in [3.63, 3.8) is 0 Å². The quantitative estimate of drug-likeness (QED) is 0.0387. The zero-order chi connectivity index (χ0) is 44.4. The summed E-state index contributed by atoms with van der Waals surface area (Å²) in [7, 11) is 3.26. The van der Waals surface area contributed by atoms with E-state index in [4.69, 9.17) is 47.9 Å². The maximum Gasteiger partial charge on any atom is 0.305 e. The predicted molar refractivity (Wildman–Crippen MR) is 243 cm³/mol. The summed E-state index contributed by atoms with van der Waals surface area (Å²) in [5.41, 5.74) is 13.1. The van der Waals surface area contributed by atoms with E-state index < -0.39 is 6.29 Å². The molecule has 8 bridgehead atoms. The highest BCUT2D eigenvalue weighted by Crippen LogP contribution is 2.42. The standard InChI is InChI=1S/C48H66N4O10/c1-9-35-31(3)39-27-40-33(5)37(11-13-47(53)61-25-23-59-21-19-57-17-15-55-7)45(51-40)30-46-38(12-14-48(54)62-26-24-60-22-20-58-18-16-56-8)34(6)42(52-46)29-44-36(10-2)32(4)41(50-44)28-43(35)49-39/h9-10,27-30,33,37,48-50,54H,1-2,11-26H2,3-8H3. The van der Waals surface area contributed by atoms with Gasteiger partial charge in [-0.15, -0.1) is 0 Å². The topological polar surface area (TPSA) is 168 Å². The van der Waals surface area contributed by atoms with E-state index in [1.54, 1.807) is 14.2 Å². The van der Waals surface area contributed by atoms with E-state index in [0.29, 0.717) is 78.7 Å². The van der Waals surface area contributed by atoms with Gasteiger partial charge in [0.15, 0.2) is 6.29 Å². The van der Waals surface area contributed by atoms with Gasteiger partial charge in [0.2, 0.25) is 0 Å². The average Bonchev–Trinajstić information content (AvgIpc) is 3.92. The highest BCUT2D eigenvalue weighted by atomic mass is 16.6. The van der Waals surface area contributed by atoms with Crippen LogP contribution in [-0.4, -0.2) is 131 Å². The third-order valence-electron chi connectivity index (χ3n) is 11.3. The lowest BCUT2D eigenvalue weighted by Crippen LogP contribution is -2.17. The number of rotatable bonds is 27. The Bertz CT molecular complexity index is 2160. The molecule has 3 aromatic rings. The summed E-state index contributed by atoms with van der Waals surface area (Å²) in [4.78, 5) is 30.8. The van der Waals surface area contributed by atoms with Crippen molar-refractivity contribution in [2.75, 3.05) is 93.5 Å². The minimum absolute atomic E-state index is 0.0173. The lowest BCUT2D eigenvalue weighted by atomic mass is 9.87. The Balaban J connectivity index is 1.43. The van der Waals surface area contributed by atoms with E-state index in [1.807, 2.05) is 18.2 Å². The largest absolute Gasteiger partial charge is 0.463 e. The van der Waals surface area contributed by atoms with Crippen molar-refractivity contribution in [2.45, 2.75) is 71.5 Å². The number of carbonyl (C=O) groups excluding carboxylic acids is 1. The third-order valence-corrected chi connectivity index (χ3v) is 11.3. The molecule has 5 rings (SSSR count). The van der Waals surface area contributed by atoms with E-state index >= 15 is 0 Å². The smallest absolute Gasteiger partial charge is 0.305 e. The van der Waals surface area contributed by atoms with E-state index in [2.05, 4.69) is 69.0 Å². The molecule has 0 amide bonds. The minimum atomic E-state index is -1.00. The summed E-state index contributed by atoms with van der Waals surface area (Å²) in [6.07, 6.45) is 4.32. The second-order valence-electron chi connectivity index (χ2n) is 15.4. The molecule has 62 heavy (non-hydrogen) atoms. The number of allylic oxidation sites excluding steroid dienone is 2. The van der Waals surface area contributed by atoms with Crippen molar-refractivity contribution in [1.29, 1.82) is 0 Å². The molecule has 5 heterocycles. The Hall–Kier alpha value is -4.51. The summed E-state index contributed by atoms with van der Waals surface area (Å²) in [5.74, 6) is -0.407. The number of aryl methyl sites for hydroxylation is 2. The molecule has 3 atom stereocenters. The molecule has 0 fully saturated rings. The van der Waals surface area contributed by atoms with Gasteiger partial charge in [0.05, 0.1) is 84.1 Å². The number of hydrogen-bond donors (Lipinski definition) is 3. The Morgan fingerprint density at radius 1 is 0.710 bits per heavy atom. The monoisotopic (exact) mass is 858 g/mol. The second-order valence-corrected chi connectivity index (χ2v) is 15.4. The maximum atomic E-state index is 13.1. The van der Waals surface area contributed by atoms with E-state index in [1.165, 1.54) is 0 Å². The van der Waals surface area contributed by atoms with Crippen molar-refractivity contribution in [3.8, 4) is 0 Å². The molecule has 0 aliphatic carbocycles. The molecule has 3 aromatic heterocycles. The summed E-state index contributed by atoms with van der Waals surface area (Å²) in [5, 5.41) is 10.9. The number of carbonyl (C=O) groups is 1. The lowest BCUT2D eigenvalue weighted by Gasteiger charge is -2.16. The molecule has 0 spiro atoms. The molecule has 2 aliphatic rings. The molecule has 3 N–H and O–H groups in total. The van der Waals surface area contributed by atoms with Crippen LogP contribution < -0.4 is 0 Å². The van der Waals surface area contributed by atoms with Gasteiger partial charge in [0.25, 0.3) is 0 Å². The average molecular weight is 859 g/mol. The van der Waals surface area contributed by atoms with E-state index in [0.717, 1.165) is 78.2 Å². The fraction of sp³-hybridized carbons (Fsp3) is 0.521. The summed E-state index contributed by atoms with van der Waals surface area (Å²) in [6, 6.07) is 8.33. The fourth-order valence-corrected chi connectivity index (χ4v) is 7.70. The van der Waals surface area contributed by atoms with Crippen LogP contribution in [0.3, 0.4) is 0 Å². The minimum Gasteiger partial charge on any atom is -0.463 e. The molecular formula is C48H66N4O10. The van der Waals surface area contributed by atoms with Crippen LogP contribution in [0.1, 0.15) is 96.4 Å². The van der Waals surface area contributed by atoms with Gasteiger partial charge in [-0.1, -0.05) is 32.2 Å². The van der Waals surface area contributed by atoms with Crippen LogP contribution in [0.25, 0.3) is 45.4 Å². The van der Waals surface area contributed by atoms with Crippen LogP contribution in [0.5, 0.6) is 0 Å². The summed E-state index contributed by atoms with van der Waals surface area (Å²) < 4.78 is 43.2. The van der Waals surface area contributed by atoms with Crippen LogP contribution in [0.4, 0.5) is 0 Å². The van der Waals surface area contributed by atoms with Crippen molar-refractivity contribution < 1.29 is 47.8 Å². The zero-order valence-electron chi connectivity index (χ0n) is 37.4. The van der Waals surface area contributed by atoms with Gasteiger partial charge < -0.3 is 53.0 Å². The number of aromatic amines is 2. The number of esters is 1. The molecule has 0 radical (unpaired) electrons. The van der Waals surface area contributed by atoms with Crippen LogP contribution >= 0.6 is 0 Å². The number of nitrogens with zero attached hydrogens (tertiary/aromatic N) is 2. The van der Waals surface area contributed by atoms with Gasteiger partial charge >= 0.3 is 5.97 Å². The zero-order valence-corrected chi connectivity index (χ0v) is 37.4. The summed E-state index contributed by atoms with van der Waals surface area (Å²) in [6.45, 7) is 21.5. The van der Waals surface area contributed by atoms with E-state index in [-0.39, 0.29) is 44.0 Å². The number of aromatic nitrogens is 4.